The van der Waals surface area contributed by atoms with E-state index < -0.39 is 0 Å². The van der Waals surface area contributed by atoms with Gasteiger partial charge in [0.15, 0.2) is 0 Å². The molecule has 1 N–H and O–H groups in total. The van der Waals surface area contributed by atoms with Crippen LogP contribution in [0.1, 0.15) is 72.6 Å². The average Bonchev–Trinajstić information content (AvgIpc) is 2.19. The van der Waals surface area contributed by atoms with Gasteiger partial charge in [0.25, 0.3) is 0 Å². The number of nitrogens with one attached hydrogen (secondary N) is 1. The van der Waals surface area contributed by atoms with Crippen LogP contribution in [0.4, 0.5) is 0 Å². The lowest BCUT2D eigenvalue weighted by Crippen LogP contribution is -2.41. The molecule has 1 rings (SSSR count). The predicted molar refractivity (Wildman–Crippen MR) is 72.9 cm³/mol. The minimum atomic E-state index is 0.257. The maximum absolute atomic E-state index is 11.8. The second kappa shape index (κ2) is 6.42. The molecule has 0 radical (unpaired) electrons. The Morgan fingerprint density at radius 3 is 2.47 bits per heavy atom. The normalized spacial score (nSPS) is 25.6. The van der Waals surface area contributed by atoms with E-state index in [4.69, 9.17) is 0 Å². The van der Waals surface area contributed by atoms with Gasteiger partial charge in [-0.3, -0.25) is 4.79 Å². The van der Waals surface area contributed by atoms with Crippen molar-refractivity contribution in [3.05, 3.63) is 0 Å². The van der Waals surface area contributed by atoms with Gasteiger partial charge in [0, 0.05) is 12.5 Å². The zero-order chi connectivity index (χ0) is 12.9. The van der Waals surface area contributed by atoms with Crippen LogP contribution in [0, 0.1) is 11.3 Å². The van der Waals surface area contributed by atoms with Crippen molar-refractivity contribution in [2.45, 2.75) is 78.7 Å². The predicted octanol–water partition coefficient (Wildman–Crippen LogP) is 3.90. The fourth-order valence-electron chi connectivity index (χ4n) is 2.59. The molecule has 0 bridgehead atoms. The molecule has 0 spiro atoms. The third-order valence-electron chi connectivity index (χ3n) is 3.79. The van der Waals surface area contributed by atoms with Crippen molar-refractivity contribution in [1.29, 1.82) is 0 Å². The van der Waals surface area contributed by atoms with Crippen LogP contribution in [0.2, 0.25) is 0 Å². The second-order valence-electron chi connectivity index (χ2n) is 6.85. The summed E-state index contributed by atoms with van der Waals surface area (Å²) >= 11 is 0. The fraction of sp³-hybridized carbons (Fsp3) is 0.933. The van der Waals surface area contributed by atoms with Gasteiger partial charge in [-0.2, -0.15) is 0 Å². The Kier molecular flexibility index (Phi) is 5.48. The highest BCUT2D eigenvalue weighted by atomic mass is 16.1. The highest BCUT2D eigenvalue weighted by Crippen LogP contribution is 2.24. The first-order valence-electron chi connectivity index (χ1n) is 7.18. The van der Waals surface area contributed by atoms with Crippen LogP contribution in [-0.2, 0) is 4.79 Å². The fourth-order valence-corrected chi connectivity index (χ4v) is 2.59. The number of hydrogen-bond acceptors (Lipinski definition) is 1. The SMILES string of the molecule is C[C@@H]1CCCC[C@H]1NC(=O)CCCC(C)(C)C. The van der Waals surface area contributed by atoms with Crippen molar-refractivity contribution in [2.75, 3.05) is 0 Å². The molecule has 0 aliphatic heterocycles. The van der Waals surface area contributed by atoms with E-state index in [2.05, 4.69) is 33.0 Å². The molecule has 2 nitrogen and oxygen atoms in total. The van der Waals surface area contributed by atoms with Crippen LogP contribution in [0.5, 0.6) is 0 Å². The van der Waals surface area contributed by atoms with Gasteiger partial charge in [-0.25, -0.2) is 0 Å². The molecule has 1 saturated carbocycles. The summed E-state index contributed by atoms with van der Waals surface area (Å²) in [7, 11) is 0. The van der Waals surface area contributed by atoms with E-state index in [9.17, 15) is 4.79 Å². The zero-order valence-electron chi connectivity index (χ0n) is 12.0. The van der Waals surface area contributed by atoms with Gasteiger partial charge < -0.3 is 5.32 Å². The van der Waals surface area contributed by atoms with Crippen molar-refractivity contribution >= 4 is 5.91 Å². The first kappa shape index (κ1) is 14.5. The minimum absolute atomic E-state index is 0.257. The molecule has 17 heavy (non-hydrogen) atoms. The number of amides is 1. The summed E-state index contributed by atoms with van der Waals surface area (Å²) in [5.41, 5.74) is 0.346. The molecule has 100 valence electrons. The van der Waals surface area contributed by atoms with Crippen LogP contribution in [0.25, 0.3) is 0 Å². The second-order valence-corrected chi connectivity index (χ2v) is 6.85. The molecular formula is C15H29NO. The Hall–Kier alpha value is -0.530. The number of carbonyl (C=O) groups excluding carboxylic acids is 1. The Morgan fingerprint density at radius 1 is 1.24 bits per heavy atom. The topological polar surface area (TPSA) is 29.1 Å². The van der Waals surface area contributed by atoms with E-state index in [0.29, 0.717) is 23.8 Å². The van der Waals surface area contributed by atoms with Gasteiger partial charge in [-0.05, 0) is 37.0 Å². The Labute approximate surface area is 107 Å². The van der Waals surface area contributed by atoms with Gasteiger partial charge >= 0.3 is 0 Å². The van der Waals surface area contributed by atoms with Crippen LogP contribution >= 0.6 is 0 Å². The third kappa shape index (κ3) is 6.09. The molecule has 0 aromatic carbocycles. The van der Waals surface area contributed by atoms with Gasteiger partial charge in [0.2, 0.25) is 5.91 Å². The average molecular weight is 239 g/mol. The number of hydrogen-bond donors (Lipinski definition) is 1. The van der Waals surface area contributed by atoms with Crippen LogP contribution in [0.3, 0.4) is 0 Å². The van der Waals surface area contributed by atoms with Crippen LogP contribution < -0.4 is 5.32 Å². The number of carbonyl (C=O) groups is 1. The molecule has 0 unspecified atom stereocenters. The van der Waals surface area contributed by atoms with Gasteiger partial charge in [0.05, 0.1) is 0 Å². The smallest absolute Gasteiger partial charge is 0.220 e. The lowest BCUT2D eigenvalue weighted by Gasteiger charge is -2.29. The summed E-state index contributed by atoms with van der Waals surface area (Å²) in [5, 5.41) is 3.22. The van der Waals surface area contributed by atoms with E-state index in [1.165, 1.54) is 25.7 Å². The summed E-state index contributed by atoms with van der Waals surface area (Å²) < 4.78 is 0. The Bertz CT molecular complexity index is 242. The highest BCUT2D eigenvalue weighted by Gasteiger charge is 2.22. The van der Waals surface area contributed by atoms with Gasteiger partial charge in [-0.1, -0.05) is 40.5 Å². The maximum Gasteiger partial charge on any atom is 0.220 e. The molecule has 1 fully saturated rings. The van der Waals surface area contributed by atoms with Crippen molar-refractivity contribution in [2.24, 2.45) is 11.3 Å². The summed E-state index contributed by atoms with van der Waals surface area (Å²) in [5.74, 6) is 0.920. The van der Waals surface area contributed by atoms with Crippen LogP contribution in [0.15, 0.2) is 0 Å². The van der Waals surface area contributed by atoms with Gasteiger partial charge in [-0.15, -0.1) is 0 Å². The maximum atomic E-state index is 11.8. The molecule has 0 aromatic heterocycles. The molecule has 2 heteroatoms. The van der Waals surface area contributed by atoms with E-state index >= 15 is 0 Å². The van der Waals surface area contributed by atoms with Crippen LogP contribution in [-0.4, -0.2) is 11.9 Å². The van der Waals surface area contributed by atoms with Crippen molar-refractivity contribution < 1.29 is 4.79 Å². The van der Waals surface area contributed by atoms with Crippen molar-refractivity contribution in [1.82, 2.24) is 5.32 Å². The monoisotopic (exact) mass is 239 g/mol. The molecular weight excluding hydrogens is 210 g/mol. The molecule has 2 atom stereocenters. The standard InChI is InChI=1S/C15H29NO/c1-12-8-5-6-9-13(12)16-14(17)10-7-11-15(2,3)4/h12-13H,5-11H2,1-4H3,(H,16,17)/t12-,13-/m1/s1. The molecule has 1 amide bonds. The first-order valence-corrected chi connectivity index (χ1v) is 7.18. The highest BCUT2D eigenvalue weighted by molar-refractivity contribution is 5.76. The van der Waals surface area contributed by atoms with E-state index in [1.807, 2.05) is 0 Å². The van der Waals surface area contributed by atoms with E-state index in [1.54, 1.807) is 0 Å². The first-order chi connectivity index (χ1) is 7.88. The largest absolute Gasteiger partial charge is 0.353 e. The third-order valence-corrected chi connectivity index (χ3v) is 3.79. The summed E-state index contributed by atoms with van der Waals surface area (Å²) in [4.78, 5) is 11.8. The summed E-state index contributed by atoms with van der Waals surface area (Å²) in [6.07, 6.45) is 7.88. The van der Waals surface area contributed by atoms with E-state index in [-0.39, 0.29) is 5.91 Å². The molecule has 0 heterocycles. The Balaban J connectivity index is 2.20. The Morgan fingerprint density at radius 2 is 1.88 bits per heavy atom. The van der Waals surface area contributed by atoms with Gasteiger partial charge in [0.1, 0.15) is 0 Å². The number of rotatable bonds is 4. The molecule has 0 aromatic rings. The molecule has 0 saturated heterocycles. The lowest BCUT2D eigenvalue weighted by atomic mass is 9.85. The molecule has 1 aliphatic carbocycles. The zero-order valence-corrected chi connectivity index (χ0v) is 12.0. The lowest BCUT2D eigenvalue weighted by molar-refractivity contribution is -0.122. The van der Waals surface area contributed by atoms with Crippen molar-refractivity contribution in [3.63, 3.8) is 0 Å². The van der Waals surface area contributed by atoms with Crippen molar-refractivity contribution in [3.8, 4) is 0 Å². The summed E-state index contributed by atoms with van der Waals surface area (Å²) in [6, 6.07) is 0.436. The van der Waals surface area contributed by atoms with E-state index in [0.717, 1.165) is 12.8 Å². The quantitative estimate of drug-likeness (QED) is 0.792. The minimum Gasteiger partial charge on any atom is -0.353 e. The molecule has 1 aliphatic rings. The summed E-state index contributed by atoms with van der Waals surface area (Å²) in [6.45, 7) is 8.95.